The molecule has 0 unspecified atom stereocenters. The monoisotopic (exact) mass is 447 g/mol. The van der Waals surface area contributed by atoms with Crippen molar-refractivity contribution in [2.45, 2.75) is 0 Å². The topological polar surface area (TPSA) is 103 Å². The van der Waals surface area contributed by atoms with Crippen molar-refractivity contribution < 1.29 is 9.90 Å². The summed E-state index contributed by atoms with van der Waals surface area (Å²) in [5.41, 5.74) is 4.29. The number of carbonyl (C=O) groups is 1. The lowest BCUT2D eigenvalue weighted by Crippen LogP contribution is -2.09. The molecule has 32 heavy (non-hydrogen) atoms. The second-order valence-corrected chi connectivity index (χ2v) is 7.81. The van der Waals surface area contributed by atoms with Crippen LogP contribution in [0.1, 0.15) is 0 Å². The molecule has 10 heteroatoms. The van der Waals surface area contributed by atoms with Gasteiger partial charge in [-0.3, -0.25) is 9.36 Å². The summed E-state index contributed by atoms with van der Waals surface area (Å²) in [5, 5.41) is 22.7. The van der Waals surface area contributed by atoms with Crippen LogP contribution in [0.2, 0.25) is 5.02 Å². The smallest absolute Gasteiger partial charge is 0.416 e. The van der Waals surface area contributed by atoms with Crippen LogP contribution < -0.4 is 5.32 Å². The number of carboxylic acid groups (broad SMARTS) is 1. The van der Waals surface area contributed by atoms with Gasteiger partial charge in [0.25, 0.3) is 0 Å². The van der Waals surface area contributed by atoms with Crippen molar-refractivity contribution in [1.82, 2.24) is 29.1 Å². The Kier molecular flexibility index (Phi) is 4.67. The Morgan fingerprint density at radius 3 is 2.34 bits per heavy atom. The molecule has 0 saturated heterocycles. The highest BCUT2D eigenvalue weighted by atomic mass is 35.5. The average Bonchev–Trinajstić information content (AvgIpc) is 3.47. The van der Waals surface area contributed by atoms with E-state index < -0.39 is 6.09 Å². The fraction of sp³-hybridized carbons (Fsp3) is 0.0909. The van der Waals surface area contributed by atoms with Crippen LogP contribution in [0.3, 0.4) is 0 Å². The van der Waals surface area contributed by atoms with Gasteiger partial charge in [-0.1, -0.05) is 17.7 Å². The Bertz CT molecular complexity index is 1480. The molecule has 0 spiro atoms. The summed E-state index contributed by atoms with van der Waals surface area (Å²) < 4.78 is 4.58. The largest absolute Gasteiger partial charge is 0.464 e. The van der Waals surface area contributed by atoms with Crippen LogP contribution in [0.4, 0.5) is 16.3 Å². The summed E-state index contributed by atoms with van der Waals surface area (Å²) in [6.07, 6.45) is 7.63. The third-order valence-electron chi connectivity index (χ3n) is 5.15. The molecule has 0 amide bonds. The van der Waals surface area contributed by atoms with Gasteiger partial charge in [0.1, 0.15) is 5.82 Å². The molecule has 4 heterocycles. The first-order valence-corrected chi connectivity index (χ1v) is 10.1. The normalized spacial score (nSPS) is 11.2. The van der Waals surface area contributed by atoms with Crippen molar-refractivity contribution >= 4 is 40.1 Å². The van der Waals surface area contributed by atoms with E-state index >= 15 is 0 Å². The maximum absolute atomic E-state index is 12.1. The molecule has 0 atom stereocenters. The average molecular weight is 448 g/mol. The van der Waals surface area contributed by atoms with Crippen molar-refractivity contribution in [3.63, 3.8) is 0 Å². The van der Waals surface area contributed by atoms with E-state index in [-0.39, 0.29) is 0 Å². The Hall–Kier alpha value is -4.11. The number of hydrogen-bond donors (Lipinski definition) is 2. The SMILES string of the molecule is Cn1cc(-c2ccc(Cl)c(Nc3cc4c(cn3)cc(-c3cnn(C)c3)n4C(=O)O)c2)cn1. The lowest BCUT2D eigenvalue weighted by molar-refractivity contribution is 0.198. The number of nitrogens with zero attached hydrogens (tertiary/aromatic N) is 6. The zero-order valence-corrected chi connectivity index (χ0v) is 17.9. The predicted octanol–water partition coefficient (Wildman–Crippen LogP) is 4.76. The summed E-state index contributed by atoms with van der Waals surface area (Å²) >= 11 is 6.41. The molecule has 0 bridgehead atoms. The van der Waals surface area contributed by atoms with Crippen LogP contribution in [0, 0.1) is 0 Å². The third kappa shape index (κ3) is 3.48. The Morgan fingerprint density at radius 2 is 1.69 bits per heavy atom. The molecule has 0 saturated carbocycles. The van der Waals surface area contributed by atoms with E-state index in [0.717, 1.165) is 11.1 Å². The van der Waals surface area contributed by atoms with Gasteiger partial charge < -0.3 is 10.4 Å². The maximum Gasteiger partial charge on any atom is 0.416 e. The Labute approximate surface area is 187 Å². The van der Waals surface area contributed by atoms with Gasteiger partial charge in [0.05, 0.1) is 34.3 Å². The molecule has 0 aliphatic rings. The van der Waals surface area contributed by atoms with Crippen molar-refractivity contribution in [2.24, 2.45) is 14.1 Å². The van der Waals surface area contributed by atoms with E-state index in [4.69, 9.17) is 11.6 Å². The minimum absolute atomic E-state index is 0.473. The van der Waals surface area contributed by atoms with Crippen molar-refractivity contribution in [1.29, 1.82) is 0 Å². The van der Waals surface area contributed by atoms with Gasteiger partial charge in [-0.25, -0.2) is 14.3 Å². The van der Waals surface area contributed by atoms with E-state index in [0.29, 0.717) is 38.7 Å². The molecule has 0 radical (unpaired) electrons. The third-order valence-corrected chi connectivity index (χ3v) is 5.47. The van der Waals surface area contributed by atoms with Crippen molar-refractivity contribution in [2.75, 3.05) is 5.32 Å². The van der Waals surface area contributed by atoms with Gasteiger partial charge >= 0.3 is 6.09 Å². The molecular weight excluding hydrogens is 430 g/mol. The van der Waals surface area contributed by atoms with Gasteiger partial charge in [-0.15, -0.1) is 0 Å². The van der Waals surface area contributed by atoms with Gasteiger partial charge in [-0.05, 0) is 23.8 Å². The molecule has 1 aromatic carbocycles. The van der Waals surface area contributed by atoms with E-state index in [9.17, 15) is 9.90 Å². The van der Waals surface area contributed by atoms with Crippen LogP contribution in [0.5, 0.6) is 0 Å². The first-order valence-electron chi connectivity index (χ1n) is 9.68. The summed E-state index contributed by atoms with van der Waals surface area (Å²) in [6.45, 7) is 0. The maximum atomic E-state index is 12.1. The number of aryl methyl sites for hydroxylation is 2. The highest BCUT2D eigenvalue weighted by Crippen LogP contribution is 2.33. The first kappa shape index (κ1) is 19.8. The van der Waals surface area contributed by atoms with Crippen LogP contribution in [0.15, 0.2) is 61.3 Å². The van der Waals surface area contributed by atoms with Gasteiger partial charge in [-0.2, -0.15) is 10.2 Å². The molecule has 0 aliphatic heterocycles. The number of halogens is 1. The fourth-order valence-electron chi connectivity index (χ4n) is 3.65. The Morgan fingerprint density at radius 1 is 0.969 bits per heavy atom. The van der Waals surface area contributed by atoms with Crippen molar-refractivity contribution in [3.8, 4) is 22.4 Å². The van der Waals surface area contributed by atoms with Gasteiger partial charge in [0.2, 0.25) is 0 Å². The highest BCUT2D eigenvalue weighted by Gasteiger charge is 2.18. The zero-order chi connectivity index (χ0) is 22.4. The first-order chi connectivity index (χ1) is 15.4. The number of nitrogens with one attached hydrogen (secondary N) is 1. The van der Waals surface area contributed by atoms with Crippen LogP contribution in [0.25, 0.3) is 33.3 Å². The van der Waals surface area contributed by atoms with Crippen LogP contribution in [-0.2, 0) is 14.1 Å². The second kappa shape index (κ2) is 7.54. The van der Waals surface area contributed by atoms with Gasteiger partial charge in [0, 0.05) is 55.3 Å². The number of benzene rings is 1. The number of aromatic nitrogens is 6. The molecule has 9 nitrogen and oxygen atoms in total. The summed E-state index contributed by atoms with van der Waals surface area (Å²) in [7, 11) is 3.64. The van der Waals surface area contributed by atoms with E-state index in [2.05, 4.69) is 20.5 Å². The number of pyridine rings is 1. The van der Waals surface area contributed by atoms with E-state index in [1.54, 1.807) is 59.4 Å². The van der Waals surface area contributed by atoms with E-state index in [1.165, 1.54) is 4.57 Å². The molecule has 5 aromatic rings. The minimum Gasteiger partial charge on any atom is -0.464 e. The van der Waals surface area contributed by atoms with E-state index in [1.807, 2.05) is 25.4 Å². The molecule has 160 valence electrons. The quantitative estimate of drug-likeness (QED) is 0.411. The predicted molar refractivity (Wildman–Crippen MR) is 122 cm³/mol. The number of fused-ring (bicyclic) bond motifs is 1. The lowest BCUT2D eigenvalue weighted by atomic mass is 10.1. The summed E-state index contributed by atoms with van der Waals surface area (Å²) in [4.78, 5) is 16.5. The number of anilines is 2. The molecule has 2 N–H and O–H groups in total. The standard InChI is InChI=1S/C22H18ClN7O2/c1-28-11-15(9-25-28)13-3-4-17(23)18(5-13)27-21-7-20-14(8-24-21)6-19(30(20)22(31)32)16-10-26-29(2)12-16/h3-12H,1-2H3,(H,24,27)(H,31,32). The second-order valence-electron chi connectivity index (χ2n) is 7.40. The summed E-state index contributed by atoms with van der Waals surface area (Å²) in [6, 6.07) is 9.09. The molecular formula is C22H18ClN7O2. The zero-order valence-electron chi connectivity index (χ0n) is 17.2. The van der Waals surface area contributed by atoms with Crippen molar-refractivity contribution in [3.05, 3.63) is 66.3 Å². The van der Waals surface area contributed by atoms with Gasteiger partial charge in [0.15, 0.2) is 0 Å². The fourth-order valence-corrected chi connectivity index (χ4v) is 3.82. The Balaban J connectivity index is 1.56. The van der Waals surface area contributed by atoms with Crippen LogP contribution >= 0.6 is 11.6 Å². The van der Waals surface area contributed by atoms with Crippen LogP contribution in [-0.4, -0.2) is 40.3 Å². The lowest BCUT2D eigenvalue weighted by Gasteiger charge is -2.10. The number of rotatable bonds is 4. The minimum atomic E-state index is -1.09. The molecule has 0 aliphatic carbocycles. The molecule has 4 aromatic heterocycles. The molecule has 5 rings (SSSR count). The molecule has 0 fully saturated rings. The summed E-state index contributed by atoms with van der Waals surface area (Å²) in [5.74, 6) is 0.473. The highest BCUT2D eigenvalue weighted by molar-refractivity contribution is 6.33. The number of hydrogen-bond acceptors (Lipinski definition) is 5.